The largest absolute Gasteiger partial charge is 0.280 e. The van der Waals surface area contributed by atoms with E-state index in [2.05, 4.69) is 9.82 Å². The second-order valence-electron chi connectivity index (χ2n) is 4.52. The maximum Gasteiger partial charge on any atom is 0.265 e. The molecule has 0 aliphatic heterocycles. The van der Waals surface area contributed by atoms with E-state index in [1.807, 2.05) is 36.4 Å². The molecular weight excluding hydrogens is 274 g/mol. The Morgan fingerprint density at radius 3 is 2.55 bits per heavy atom. The molecule has 3 rings (SSSR count). The highest BCUT2D eigenvalue weighted by atomic mass is 32.2. The Balaban J connectivity index is 1.96. The molecule has 0 atom stereocenters. The van der Waals surface area contributed by atoms with Gasteiger partial charge in [-0.05, 0) is 22.9 Å². The van der Waals surface area contributed by atoms with Crippen molar-refractivity contribution in [3.63, 3.8) is 0 Å². The van der Waals surface area contributed by atoms with Crippen molar-refractivity contribution in [3.8, 4) is 0 Å². The van der Waals surface area contributed by atoms with Gasteiger partial charge in [-0.3, -0.25) is 9.40 Å². The zero-order valence-corrected chi connectivity index (χ0v) is 11.6. The van der Waals surface area contributed by atoms with Gasteiger partial charge in [0.15, 0.2) is 0 Å². The summed E-state index contributed by atoms with van der Waals surface area (Å²) in [5, 5.41) is 5.92. The van der Waals surface area contributed by atoms with E-state index in [1.54, 1.807) is 13.1 Å². The standard InChI is InChI=1S/C14H13N3O2S/c1-17-10-14(9-15-17)20(18,19)16-13-7-6-11-4-2-3-5-12(11)8-13/h2-10,16H,1H3. The van der Waals surface area contributed by atoms with Crippen LogP contribution in [-0.2, 0) is 17.1 Å². The van der Waals surface area contributed by atoms with Crippen LogP contribution in [0.1, 0.15) is 0 Å². The summed E-state index contributed by atoms with van der Waals surface area (Å²) in [6, 6.07) is 13.2. The lowest BCUT2D eigenvalue weighted by atomic mass is 10.1. The fraction of sp³-hybridized carbons (Fsp3) is 0.0714. The SMILES string of the molecule is Cn1cc(S(=O)(=O)Nc2ccc3ccccc3c2)cn1. The molecule has 0 aliphatic carbocycles. The molecule has 3 aromatic rings. The van der Waals surface area contributed by atoms with E-state index in [0.29, 0.717) is 5.69 Å². The third-order valence-corrected chi connectivity index (χ3v) is 4.33. The normalized spacial score (nSPS) is 11.7. The summed E-state index contributed by atoms with van der Waals surface area (Å²) < 4.78 is 28.4. The highest BCUT2D eigenvalue weighted by Crippen LogP contribution is 2.21. The number of anilines is 1. The third kappa shape index (κ3) is 2.37. The summed E-state index contributed by atoms with van der Waals surface area (Å²) in [5.41, 5.74) is 0.535. The van der Waals surface area contributed by atoms with Crippen molar-refractivity contribution < 1.29 is 8.42 Å². The summed E-state index contributed by atoms with van der Waals surface area (Å²) in [6.07, 6.45) is 2.78. The fourth-order valence-corrected chi connectivity index (χ4v) is 3.04. The second-order valence-corrected chi connectivity index (χ2v) is 6.20. The second kappa shape index (κ2) is 4.64. The smallest absolute Gasteiger partial charge is 0.265 e. The third-order valence-electron chi connectivity index (χ3n) is 2.99. The van der Waals surface area contributed by atoms with E-state index in [0.717, 1.165) is 10.8 Å². The Morgan fingerprint density at radius 1 is 1.10 bits per heavy atom. The molecule has 0 saturated heterocycles. The highest BCUT2D eigenvalue weighted by Gasteiger charge is 2.16. The molecule has 0 fully saturated rings. The number of sulfonamides is 1. The van der Waals surface area contributed by atoms with Crippen LogP contribution in [0, 0.1) is 0 Å². The molecule has 0 spiro atoms. The number of benzene rings is 2. The highest BCUT2D eigenvalue weighted by molar-refractivity contribution is 7.92. The van der Waals surface area contributed by atoms with Gasteiger partial charge < -0.3 is 0 Å². The summed E-state index contributed by atoms with van der Waals surface area (Å²) in [6.45, 7) is 0. The molecule has 102 valence electrons. The van der Waals surface area contributed by atoms with Gasteiger partial charge in [0, 0.05) is 18.9 Å². The topological polar surface area (TPSA) is 64.0 Å². The van der Waals surface area contributed by atoms with Crippen molar-refractivity contribution in [2.24, 2.45) is 7.05 Å². The lowest BCUT2D eigenvalue weighted by Crippen LogP contribution is -2.12. The van der Waals surface area contributed by atoms with Gasteiger partial charge in [-0.25, -0.2) is 8.42 Å². The average molecular weight is 287 g/mol. The van der Waals surface area contributed by atoms with Crippen LogP contribution in [0.25, 0.3) is 10.8 Å². The Hall–Kier alpha value is -2.34. The number of hydrogen-bond acceptors (Lipinski definition) is 3. The molecule has 0 radical (unpaired) electrons. The predicted octanol–water partition coefficient (Wildman–Crippen LogP) is 2.37. The maximum atomic E-state index is 12.2. The van der Waals surface area contributed by atoms with Crippen molar-refractivity contribution >= 4 is 26.5 Å². The van der Waals surface area contributed by atoms with Gasteiger partial charge in [-0.15, -0.1) is 0 Å². The van der Waals surface area contributed by atoms with Crippen LogP contribution in [-0.4, -0.2) is 18.2 Å². The molecule has 0 aliphatic rings. The molecule has 2 aromatic carbocycles. The first-order valence-electron chi connectivity index (χ1n) is 6.05. The quantitative estimate of drug-likeness (QED) is 0.804. The summed E-state index contributed by atoms with van der Waals surface area (Å²) in [4.78, 5) is 0.146. The van der Waals surface area contributed by atoms with E-state index in [9.17, 15) is 8.42 Å². The minimum atomic E-state index is -3.59. The van der Waals surface area contributed by atoms with Gasteiger partial charge in [0.05, 0.1) is 6.20 Å². The van der Waals surface area contributed by atoms with Crippen LogP contribution in [0.2, 0.25) is 0 Å². The molecule has 5 nitrogen and oxygen atoms in total. The number of aromatic nitrogens is 2. The number of fused-ring (bicyclic) bond motifs is 1. The molecule has 20 heavy (non-hydrogen) atoms. The lowest BCUT2D eigenvalue weighted by molar-refractivity contribution is 0.601. The van der Waals surface area contributed by atoms with E-state index >= 15 is 0 Å². The van der Waals surface area contributed by atoms with Crippen LogP contribution in [0.3, 0.4) is 0 Å². The van der Waals surface area contributed by atoms with Gasteiger partial charge in [0.2, 0.25) is 0 Å². The van der Waals surface area contributed by atoms with Gasteiger partial charge in [-0.2, -0.15) is 5.10 Å². The molecular formula is C14H13N3O2S. The summed E-state index contributed by atoms with van der Waals surface area (Å²) in [5.74, 6) is 0. The van der Waals surface area contributed by atoms with Crippen LogP contribution in [0.5, 0.6) is 0 Å². The Kier molecular flexibility index (Phi) is 2.94. The Labute approximate surface area is 116 Å². The first kappa shape index (κ1) is 12.7. The van der Waals surface area contributed by atoms with E-state index in [-0.39, 0.29) is 4.90 Å². The fourth-order valence-electron chi connectivity index (χ4n) is 2.00. The van der Waals surface area contributed by atoms with Crippen molar-refractivity contribution in [3.05, 3.63) is 54.9 Å². The number of nitrogens with zero attached hydrogens (tertiary/aromatic N) is 2. The van der Waals surface area contributed by atoms with Gasteiger partial charge >= 0.3 is 0 Å². The van der Waals surface area contributed by atoms with Crippen LogP contribution in [0.4, 0.5) is 5.69 Å². The average Bonchev–Trinajstić information content (AvgIpc) is 2.86. The van der Waals surface area contributed by atoms with Crippen molar-refractivity contribution in [2.45, 2.75) is 4.90 Å². The number of rotatable bonds is 3. The van der Waals surface area contributed by atoms with Crippen molar-refractivity contribution in [1.82, 2.24) is 9.78 Å². The maximum absolute atomic E-state index is 12.2. The minimum absolute atomic E-state index is 0.146. The predicted molar refractivity (Wildman–Crippen MR) is 78.0 cm³/mol. The van der Waals surface area contributed by atoms with Gasteiger partial charge in [-0.1, -0.05) is 30.3 Å². The van der Waals surface area contributed by atoms with Gasteiger partial charge in [0.1, 0.15) is 4.90 Å². The Morgan fingerprint density at radius 2 is 1.85 bits per heavy atom. The number of hydrogen-bond donors (Lipinski definition) is 1. The number of aryl methyl sites for hydroxylation is 1. The van der Waals surface area contributed by atoms with E-state index < -0.39 is 10.0 Å². The summed E-state index contributed by atoms with van der Waals surface area (Å²) in [7, 11) is -1.92. The molecule has 0 unspecified atom stereocenters. The van der Waals surface area contributed by atoms with E-state index in [4.69, 9.17) is 0 Å². The molecule has 1 aromatic heterocycles. The molecule has 6 heteroatoms. The first-order valence-corrected chi connectivity index (χ1v) is 7.53. The van der Waals surface area contributed by atoms with Crippen LogP contribution in [0.15, 0.2) is 59.8 Å². The first-order chi connectivity index (χ1) is 9.54. The lowest BCUT2D eigenvalue weighted by Gasteiger charge is -2.07. The molecule has 1 N–H and O–H groups in total. The molecule has 0 saturated carbocycles. The summed E-state index contributed by atoms with van der Waals surface area (Å²) >= 11 is 0. The van der Waals surface area contributed by atoms with E-state index in [1.165, 1.54) is 17.1 Å². The molecule has 0 bridgehead atoms. The van der Waals surface area contributed by atoms with Gasteiger partial charge in [0.25, 0.3) is 10.0 Å². The minimum Gasteiger partial charge on any atom is -0.280 e. The monoisotopic (exact) mass is 287 g/mol. The Bertz CT molecular complexity index is 869. The van der Waals surface area contributed by atoms with Crippen LogP contribution < -0.4 is 4.72 Å². The molecule has 1 heterocycles. The zero-order chi connectivity index (χ0) is 14.2. The van der Waals surface area contributed by atoms with Crippen molar-refractivity contribution in [1.29, 1.82) is 0 Å². The van der Waals surface area contributed by atoms with Crippen LogP contribution >= 0.6 is 0 Å². The zero-order valence-electron chi connectivity index (χ0n) is 10.8. The van der Waals surface area contributed by atoms with Crippen molar-refractivity contribution in [2.75, 3.05) is 4.72 Å². The number of nitrogens with one attached hydrogen (secondary N) is 1. The molecule has 0 amide bonds.